The number of rotatable bonds is 2. The Kier molecular flexibility index (Phi) is 5.04. The van der Waals surface area contributed by atoms with Crippen LogP contribution in [0.25, 0.3) is 0 Å². The van der Waals surface area contributed by atoms with Crippen LogP contribution in [0.1, 0.15) is 17.2 Å². The molecule has 3 rings (SSSR count). The van der Waals surface area contributed by atoms with E-state index in [2.05, 4.69) is 47.8 Å². The molecule has 0 aliphatic carbocycles. The lowest BCUT2D eigenvalue weighted by atomic mass is 10.0. The fourth-order valence-corrected chi connectivity index (χ4v) is 3.36. The van der Waals surface area contributed by atoms with Crippen molar-refractivity contribution in [3.63, 3.8) is 0 Å². The summed E-state index contributed by atoms with van der Waals surface area (Å²) in [5.74, 6) is 1.19. The molecule has 1 aliphatic rings. The van der Waals surface area contributed by atoms with E-state index in [1.165, 1.54) is 0 Å². The summed E-state index contributed by atoms with van der Waals surface area (Å²) < 4.78 is 12.2. The number of aliphatic hydroxyl groups excluding tert-OH is 1. The lowest BCUT2D eigenvalue weighted by molar-refractivity contribution is 0.134. The molecule has 3 unspecified atom stereocenters. The van der Waals surface area contributed by atoms with Crippen molar-refractivity contribution in [2.75, 3.05) is 0 Å². The minimum atomic E-state index is -0.852. The first kappa shape index (κ1) is 16.6. The van der Waals surface area contributed by atoms with Crippen LogP contribution < -0.4 is 9.47 Å². The third-order valence-electron chi connectivity index (χ3n) is 3.22. The van der Waals surface area contributed by atoms with Crippen LogP contribution in [-0.2, 0) is 0 Å². The van der Waals surface area contributed by atoms with Gasteiger partial charge in [0.2, 0.25) is 0 Å². The van der Waals surface area contributed by atoms with Crippen molar-refractivity contribution in [1.82, 2.24) is 0 Å². The molecule has 0 fully saturated rings. The third-order valence-corrected chi connectivity index (χ3v) is 6.10. The van der Waals surface area contributed by atoms with Crippen molar-refractivity contribution in [2.24, 2.45) is 0 Å². The van der Waals surface area contributed by atoms with E-state index >= 15 is 0 Å². The van der Waals surface area contributed by atoms with Crippen LogP contribution in [0.4, 0.5) is 0 Å². The van der Waals surface area contributed by atoms with E-state index in [0.717, 1.165) is 4.47 Å². The van der Waals surface area contributed by atoms with Gasteiger partial charge in [-0.15, -0.1) is 0 Å². The number of aliphatic hydroxyl groups is 1. The molecule has 2 aromatic rings. The number of ether oxygens (including phenoxy) is 2. The summed E-state index contributed by atoms with van der Waals surface area (Å²) in [4.78, 5) is 0. The van der Waals surface area contributed by atoms with E-state index < -0.39 is 6.10 Å². The average molecular weight is 513 g/mol. The summed E-state index contributed by atoms with van der Waals surface area (Å²) in [6.45, 7) is 0. The SMILES string of the molecule is OC(c1ccc2c(c1)OC(Br)C(Br)O2)c1cc(Br)ccc1Cl. The molecule has 0 saturated carbocycles. The highest BCUT2D eigenvalue weighted by atomic mass is 79.9. The number of benzene rings is 2. The van der Waals surface area contributed by atoms with E-state index in [1.807, 2.05) is 6.07 Å². The van der Waals surface area contributed by atoms with Gasteiger partial charge in [-0.25, -0.2) is 0 Å². The van der Waals surface area contributed by atoms with Crippen LogP contribution in [0, 0.1) is 0 Å². The molecule has 0 radical (unpaired) electrons. The largest absolute Gasteiger partial charge is 0.470 e. The number of hydrogen-bond donors (Lipinski definition) is 1. The zero-order valence-corrected chi connectivity index (χ0v) is 16.5. The first-order chi connectivity index (χ1) is 10.5. The van der Waals surface area contributed by atoms with E-state index in [0.29, 0.717) is 27.6 Å². The number of hydrogen-bond acceptors (Lipinski definition) is 3. The molecule has 116 valence electrons. The number of alkyl halides is 2. The Morgan fingerprint density at radius 1 is 1.00 bits per heavy atom. The highest BCUT2D eigenvalue weighted by Gasteiger charge is 2.28. The Hall–Kier alpha value is -0.270. The monoisotopic (exact) mass is 510 g/mol. The van der Waals surface area contributed by atoms with E-state index in [4.69, 9.17) is 21.1 Å². The summed E-state index contributed by atoms with van der Waals surface area (Å²) in [6.07, 6.45) is -0.852. The molecular weight excluding hydrogens is 503 g/mol. The van der Waals surface area contributed by atoms with Crippen LogP contribution >= 0.6 is 59.4 Å². The van der Waals surface area contributed by atoms with Crippen LogP contribution in [-0.4, -0.2) is 15.1 Å². The summed E-state index contributed by atoms with van der Waals surface area (Å²) in [5, 5.41) is 10.5. The quantitative estimate of drug-likeness (QED) is 0.547. The van der Waals surface area contributed by atoms with E-state index in [1.54, 1.807) is 30.3 Å². The van der Waals surface area contributed by atoms with Gasteiger partial charge < -0.3 is 14.6 Å². The van der Waals surface area contributed by atoms with Crippen LogP contribution in [0.2, 0.25) is 5.02 Å². The fourth-order valence-electron chi connectivity index (χ4n) is 2.14. The molecule has 1 aliphatic heterocycles. The molecule has 22 heavy (non-hydrogen) atoms. The minimum Gasteiger partial charge on any atom is -0.470 e. The van der Waals surface area contributed by atoms with Gasteiger partial charge in [0, 0.05) is 15.1 Å². The molecule has 0 amide bonds. The Morgan fingerprint density at radius 2 is 1.68 bits per heavy atom. The van der Waals surface area contributed by atoms with Gasteiger partial charge in [-0.3, -0.25) is 0 Å². The number of fused-ring (bicyclic) bond motifs is 1. The van der Waals surface area contributed by atoms with Crippen molar-refractivity contribution in [3.05, 3.63) is 57.0 Å². The molecule has 2 aromatic carbocycles. The summed E-state index contributed by atoms with van der Waals surface area (Å²) in [7, 11) is 0. The minimum absolute atomic E-state index is 0.268. The van der Waals surface area contributed by atoms with Crippen molar-refractivity contribution in [1.29, 1.82) is 0 Å². The van der Waals surface area contributed by atoms with Crippen LogP contribution in [0.5, 0.6) is 11.5 Å². The zero-order chi connectivity index (χ0) is 15.9. The number of halogens is 4. The molecule has 3 nitrogen and oxygen atoms in total. The predicted octanol–water partition coefficient (Wildman–Crippen LogP) is 5.40. The lowest BCUT2D eigenvalue weighted by Crippen LogP contribution is -2.30. The Labute approximate surface area is 158 Å². The molecule has 0 spiro atoms. The first-order valence-corrected chi connectivity index (χ1v) is 9.34. The average Bonchev–Trinajstić information content (AvgIpc) is 2.50. The molecule has 3 atom stereocenters. The highest BCUT2D eigenvalue weighted by molar-refractivity contribution is 9.12. The molecular formula is C15H10Br3ClO3. The lowest BCUT2D eigenvalue weighted by Gasteiger charge is -2.28. The molecule has 0 aromatic heterocycles. The smallest absolute Gasteiger partial charge is 0.200 e. The van der Waals surface area contributed by atoms with Gasteiger partial charge in [-0.05, 0) is 67.8 Å². The first-order valence-electron chi connectivity index (χ1n) is 6.34. The van der Waals surface area contributed by atoms with Crippen LogP contribution in [0.15, 0.2) is 40.9 Å². The van der Waals surface area contributed by atoms with Crippen molar-refractivity contribution >= 4 is 59.4 Å². The van der Waals surface area contributed by atoms with Crippen LogP contribution in [0.3, 0.4) is 0 Å². The maximum Gasteiger partial charge on any atom is 0.200 e. The molecule has 7 heteroatoms. The second-order valence-corrected chi connectivity index (χ2v) is 7.84. The topological polar surface area (TPSA) is 38.7 Å². The van der Waals surface area contributed by atoms with E-state index in [9.17, 15) is 5.11 Å². The highest BCUT2D eigenvalue weighted by Crippen LogP contribution is 2.40. The van der Waals surface area contributed by atoms with Gasteiger partial charge in [0.25, 0.3) is 0 Å². The van der Waals surface area contributed by atoms with Gasteiger partial charge in [0.15, 0.2) is 21.5 Å². The van der Waals surface area contributed by atoms with Gasteiger partial charge >= 0.3 is 0 Å². The molecule has 0 saturated heterocycles. The fraction of sp³-hybridized carbons (Fsp3) is 0.200. The molecule has 1 heterocycles. The third kappa shape index (κ3) is 3.31. The van der Waals surface area contributed by atoms with E-state index in [-0.39, 0.29) is 10.0 Å². The summed E-state index contributed by atoms with van der Waals surface area (Å²) >= 11 is 16.3. The van der Waals surface area contributed by atoms with Gasteiger partial charge in [0.1, 0.15) is 6.10 Å². The van der Waals surface area contributed by atoms with Gasteiger partial charge in [-0.1, -0.05) is 33.6 Å². The Morgan fingerprint density at radius 3 is 2.41 bits per heavy atom. The predicted molar refractivity (Wildman–Crippen MR) is 96.3 cm³/mol. The second-order valence-electron chi connectivity index (χ2n) is 4.71. The summed E-state index contributed by atoms with van der Waals surface area (Å²) in [5.41, 5.74) is 1.30. The van der Waals surface area contributed by atoms with Crippen molar-refractivity contribution in [2.45, 2.75) is 16.1 Å². The molecule has 0 bridgehead atoms. The van der Waals surface area contributed by atoms with Gasteiger partial charge in [-0.2, -0.15) is 0 Å². The van der Waals surface area contributed by atoms with Crippen molar-refractivity contribution < 1.29 is 14.6 Å². The standard InChI is InChI=1S/C15H10Br3ClO3/c16-8-2-3-10(19)9(6-8)13(20)7-1-4-11-12(5-7)22-15(18)14(17)21-11/h1-6,13-15,20H. The second kappa shape index (κ2) is 6.69. The summed E-state index contributed by atoms with van der Waals surface area (Å²) in [6, 6.07) is 10.7. The molecule has 1 N–H and O–H groups in total. The Balaban J connectivity index is 1.95. The van der Waals surface area contributed by atoms with Crippen molar-refractivity contribution in [3.8, 4) is 11.5 Å². The Bertz CT molecular complexity index is 710. The maximum absolute atomic E-state index is 10.6. The normalized spacial score (nSPS) is 21.5. The zero-order valence-electron chi connectivity index (χ0n) is 11.0. The maximum atomic E-state index is 10.6. The van der Waals surface area contributed by atoms with Gasteiger partial charge in [0.05, 0.1) is 0 Å².